The minimum absolute atomic E-state index is 0.00699. The standard InChI is InChI=1S/C11H12Cl4N2O2/c1-4(2)5(3-18)16-11(19)9-7(13)6(12)8(14)10(15)17-9/h4-5,18H,3H2,1-2H3,(H,16,19)/t5-/m1/s1. The predicted octanol–water partition coefficient (Wildman–Crippen LogP) is 3.44. The quantitative estimate of drug-likeness (QED) is 0.821. The monoisotopic (exact) mass is 344 g/mol. The molecule has 0 saturated carbocycles. The van der Waals surface area contributed by atoms with E-state index in [9.17, 15) is 9.90 Å². The molecule has 0 aromatic carbocycles. The summed E-state index contributed by atoms with van der Waals surface area (Å²) in [6, 6.07) is -0.418. The number of aromatic nitrogens is 1. The van der Waals surface area contributed by atoms with Crippen LogP contribution in [0.2, 0.25) is 20.2 Å². The van der Waals surface area contributed by atoms with Gasteiger partial charge >= 0.3 is 0 Å². The Morgan fingerprint density at radius 3 is 2.26 bits per heavy atom. The maximum Gasteiger partial charge on any atom is 0.271 e. The van der Waals surface area contributed by atoms with Crippen molar-refractivity contribution in [1.29, 1.82) is 0 Å². The van der Waals surface area contributed by atoms with Crippen molar-refractivity contribution in [2.75, 3.05) is 6.61 Å². The molecule has 1 heterocycles. The van der Waals surface area contributed by atoms with Crippen LogP contribution in [0, 0.1) is 5.92 Å². The second kappa shape index (κ2) is 6.95. The van der Waals surface area contributed by atoms with Crippen LogP contribution >= 0.6 is 46.4 Å². The van der Waals surface area contributed by atoms with Crippen LogP contribution in [0.3, 0.4) is 0 Å². The van der Waals surface area contributed by atoms with Crippen molar-refractivity contribution in [2.24, 2.45) is 5.92 Å². The van der Waals surface area contributed by atoms with Gasteiger partial charge in [0.1, 0.15) is 10.8 Å². The van der Waals surface area contributed by atoms with Crippen LogP contribution in [-0.2, 0) is 0 Å². The summed E-state index contributed by atoms with van der Waals surface area (Å²) in [4.78, 5) is 15.8. The number of aliphatic hydroxyl groups excluding tert-OH is 1. The highest BCUT2D eigenvalue weighted by molar-refractivity contribution is 6.52. The Kier molecular flexibility index (Phi) is 6.15. The fraction of sp³-hybridized carbons (Fsp3) is 0.455. The van der Waals surface area contributed by atoms with Crippen LogP contribution in [0.4, 0.5) is 0 Å². The third-order valence-electron chi connectivity index (χ3n) is 2.52. The first-order chi connectivity index (χ1) is 8.79. The number of nitrogens with one attached hydrogen (secondary N) is 1. The molecule has 1 aromatic rings. The smallest absolute Gasteiger partial charge is 0.271 e. The van der Waals surface area contributed by atoms with Gasteiger partial charge in [-0.05, 0) is 5.92 Å². The van der Waals surface area contributed by atoms with E-state index >= 15 is 0 Å². The average molecular weight is 346 g/mol. The van der Waals surface area contributed by atoms with Gasteiger partial charge in [0.05, 0.1) is 27.7 Å². The van der Waals surface area contributed by atoms with Crippen LogP contribution in [0.1, 0.15) is 24.3 Å². The minimum Gasteiger partial charge on any atom is -0.394 e. The second-order valence-electron chi connectivity index (χ2n) is 4.20. The molecule has 1 amide bonds. The van der Waals surface area contributed by atoms with Gasteiger partial charge in [-0.3, -0.25) is 4.79 Å². The fourth-order valence-electron chi connectivity index (χ4n) is 1.30. The predicted molar refractivity (Wildman–Crippen MR) is 77.5 cm³/mol. The number of hydrogen-bond acceptors (Lipinski definition) is 3. The Labute approximate surface area is 131 Å². The van der Waals surface area contributed by atoms with Gasteiger partial charge in [0.25, 0.3) is 5.91 Å². The topological polar surface area (TPSA) is 62.2 Å². The van der Waals surface area contributed by atoms with Gasteiger partial charge in [0.2, 0.25) is 0 Å². The summed E-state index contributed by atoms with van der Waals surface area (Å²) in [6.45, 7) is 3.52. The zero-order chi connectivity index (χ0) is 14.7. The molecule has 0 aliphatic heterocycles. The highest BCUT2D eigenvalue weighted by Crippen LogP contribution is 2.36. The Balaban J connectivity index is 3.07. The number of carbonyl (C=O) groups excluding carboxylic acids is 1. The average Bonchev–Trinajstić information content (AvgIpc) is 2.36. The van der Waals surface area contributed by atoms with Crippen molar-refractivity contribution in [3.8, 4) is 0 Å². The Bertz CT molecular complexity index is 494. The molecule has 106 valence electrons. The summed E-state index contributed by atoms with van der Waals surface area (Å²) in [5.74, 6) is -0.524. The SMILES string of the molecule is CC(C)[C@@H](CO)NC(=O)c1nc(Cl)c(Cl)c(Cl)c1Cl. The molecule has 1 atom stereocenters. The Morgan fingerprint density at radius 1 is 1.21 bits per heavy atom. The van der Waals surface area contributed by atoms with Crippen LogP contribution in [0.5, 0.6) is 0 Å². The summed E-state index contributed by atoms with van der Waals surface area (Å²) in [5, 5.41) is 11.6. The number of amides is 1. The molecular formula is C11H12Cl4N2O2. The first-order valence-electron chi connectivity index (χ1n) is 5.41. The maximum absolute atomic E-state index is 12.0. The normalized spacial score (nSPS) is 12.6. The van der Waals surface area contributed by atoms with E-state index in [1.165, 1.54) is 0 Å². The van der Waals surface area contributed by atoms with Crippen LogP contribution in [0.15, 0.2) is 0 Å². The molecule has 1 aromatic heterocycles. The third kappa shape index (κ3) is 3.86. The molecule has 0 spiro atoms. The number of halogens is 4. The first-order valence-corrected chi connectivity index (χ1v) is 6.92. The molecular weight excluding hydrogens is 334 g/mol. The number of nitrogens with zero attached hydrogens (tertiary/aromatic N) is 1. The van der Waals surface area contributed by atoms with E-state index < -0.39 is 11.9 Å². The number of carbonyl (C=O) groups is 1. The van der Waals surface area contributed by atoms with Gasteiger partial charge in [0, 0.05) is 0 Å². The van der Waals surface area contributed by atoms with E-state index in [-0.39, 0.29) is 38.4 Å². The van der Waals surface area contributed by atoms with Crippen LogP contribution in [0.25, 0.3) is 0 Å². The number of pyridine rings is 1. The van der Waals surface area contributed by atoms with Crippen LogP contribution < -0.4 is 5.32 Å². The van der Waals surface area contributed by atoms with Gasteiger partial charge < -0.3 is 10.4 Å². The van der Waals surface area contributed by atoms with E-state index in [2.05, 4.69) is 10.3 Å². The van der Waals surface area contributed by atoms with Gasteiger partial charge in [-0.15, -0.1) is 0 Å². The van der Waals surface area contributed by atoms with Gasteiger partial charge in [0.15, 0.2) is 0 Å². The summed E-state index contributed by atoms with van der Waals surface area (Å²) in [6.07, 6.45) is 0. The zero-order valence-electron chi connectivity index (χ0n) is 10.2. The van der Waals surface area contributed by atoms with Crippen LogP contribution in [-0.4, -0.2) is 28.6 Å². The van der Waals surface area contributed by atoms with E-state index in [1.807, 2.05) is 13.8 Å². The van der Waals surface area contributed by atoms with Crippen molar-refractivity contribution in [1.82, 2.24) is 10.3 Å². The van der Waals surface area contributed by atoms with Gasteiger partial charge in [-0.2, -0.15) is 0 Å². The molecule has 0 bridgehead atoms. The molecule has 0 unspecified atom stereocenters. The number of aliphatic hydroxyl groups is 1. The molecule has 0 radical (unpaired) electrons. The molecule has 2 N–H and O–H groups in total. The maximum atomic E-state index is 12.0. The Morgan fingerprint density at radius 2 is 1.79 bits per heavy atom. The van der Waals surface area contributed by atoms with E-state index in [0.29, 0.717) is 0 Å². The molecule has 1 rings (SSSR count). The highest BCUT2D eigenvalue weighted by Gasteiger charge is 2.23. The van der Waals surface area contributed by atoms with Crippen molar-refractivity contribution < 1.29 is 9.90 Å². The lowest BCUT2D eigenvalue weighted by molar-refractivity contribution is 0.0892. The molecule has 0 saturated heterocycles. The first kappa shape index (κ1) is 16.8. The largest absolute Gasteiger partial charge is 0.394 e. The molecule has 19 heavy (non-hydrogen) atoms. The lowest BCUT2D eigenvalue weighted by Crippen LogP contribution is -2.41. The lowest BCUT2D eigenvalue weighted by atomic mass is 10.1. The van der Waals surface area contributed by atoms with Crippen molar-refractivity contribution in [2.45, 2.75) is 19.9 Å². The molecule has 0 aliphatic carbocycles. The third-order valence-corrected chi connectivity index (χ3v) is 4.20. The minimum atomic E-state index is -0.571. The second-order valence-corrected chi connectivity index (χ2v) is 5.69. The van der Waals surface area contributed by atoms with E-state index in [4.69, 9.17) is 46.4 Å². The Hall–Kier alpha value is -0.260. The highest BCUT2D eigenvalue weighted by atomic mass is 35.5. The van der Waals surface area contributed by atoms with Crippen molar-refractivity contribution in [3.63, 3.8) is 0 Å². The molecule has 0 fully saturated rings. The summed E-state index contributed by atoms with van der Waals surface area (Å²) in [7, 11) is 0. The summed E-state index contributed by atoms with van der Waals surface area (Å²) >= 11 is 23.3. The summed E-state index contributed by atoms with van der Waals surface area (Å²) < 4.78 is 0. The van der Waals surface area contributed by atoms with E-state index in [0.717, 1.165) is 0 Å². The van der Waals surface area contributed by atoms with Gasteiger partial charge in [-0.1, -0.05) is 60.3 Å². The number of hydrogen-bond donors (Lipinski definition) is 2. The lowest BCUT2D eigenvalue weighted by Gasteiger charge is -2.20. The number of rotatable bonds is 4. The van der Waals surface area contributed by atoms with Gasteiger partial charge in [-0.25, -0.2) is 4.98 Å². The molecule has 8 heteroatoms. The van der Waals surface area contributed by atoms with E-state index in [1.54, 1.807) is 0 Å². The summed E-state index contributed by atoms with van der Waals surface area (Å²) in [5.41, 5.74) is -0.125. The van der Waals surface area contributed by atoms with Crippen molar-refractivity contribution >= 4 is 52.3 Å². The molecule has 0 aliphatic rings. The zero-order valence-corrected chi connectivity index (χ0v) is 13.2. The van der Waals surface area contributed by atoms with Crippen molar-refractivity contribution in [3.05, 3.63) is 25.9 Å². The molecule has 4 nitrogen and oxygen atoms in total. The fourth-order valence-corrected chi connectivity index (χ4v) is 2.11.